The second-order valence-corrected chi connectivity index (χ2v) is 8.06. The van der Waals surface area contributed by atoms with Gasteiger partial charge in [-0.2, -0.15) is 0 Å². The molecule has 0 fully saturated rings. The number of carbonyl (C=O) groups is 2. The molecule has 166 valence electrons. The van der Waals surface area contributed by atoms with E-state index in [1.165, 1.54) is 11.8 Å². The first kappa shape index (κ1) is 22.4. The van der Waals surface area contributed by atoms with Crippen molar-refractivity contribution in [3.8, 4) is 16.9 Å². The lowest BCUT2D eigenvalue weighted by atomic mass is 10.2. The molecule has 1 aromatic heterocycles. The summed E-state index contributed by atoms with van der Waals surface area (Å²) in [5.74, 6) is -0.349. The molecule has 1 N–H and O–H groups in total. The van der Waals surface area contributed by atoms with Gasteiger partial charge < -0.3 is 10.1 Å². The fraction of sp³-hybridized carbons (Fsp3) is 0.115. The highest BCUT2D eigenvalue weighted by atomic mass is 32.2. The zero-order chi connectivity index (χ0) is 23.0. The van der Waals surface area contributed by atoms with Crippen LogP contribution in [0, 0.1) is 0 Å². The fourth-order valence-electron chi connectivity index (χ4n) is 3.22. The van der Waals surface area contributed by atoms with Gasteiger partial charge in [-0.05, 0) is 43.3 Å². The van der Waals surface area contributed by atoms with Crippen LogP contribution in [-0.4, -0.2) is 33.8 Å². The van der Waals surface area contributed by atoms with Crippen LogP contribution in [0.4, 0.5) is 5.69 Å². The monoisotopic (exact) mass is 457 g/mol. The van der Waals surface area contributed by atoms with Crippen LogP contribution in [0.1, 0.15) is 17.3 Å². The Hall–Kier alpha value is -3.84. The standard InChI is InChI=1S/C26H23N3O3S/c1-2-32-25(31)20-13-15-21(16-14-20)27-24(30)18-33-26-28-23(19-9-5-3-6-10-19)17-29(26)22-11-7-4-8-12-22/h3-17H,2,18H2,1H3,(H,27,30). The van der Waals surface area contributed by atoms with Gasteiger partial charge in [-0.1, -0.05) is 60.3 Å². The Morgan fingerprint density at radius 1 is 0.939 bits per heavy atom. The number of hydrogen-bond donors (Lipinski definition) is 1. The molecule has 1 amide bonds. The molecule has 0 aliphatic heterocycles. The van der Waals surface area contributed by atoms with Crippen LogP contribution in [-0.2, 0) is 9.53 Å². The number of amides is 1. The lowest BCUT2D eigenvalue weighted by Gasteiger charge is -2.08. The molecule has 7 heteroatoms. The molecule has 33 heavy (non-hydrogen) atoms. The summed E-state index contributed by atoms with van der Waals surface area (Å²) < 4.78 is 6.97. The van der Waals surface area contributed by atoms with Gasteiger partial charge in [0.05, 0.1) is 23.6 Å². The van der Waals surface area contributed by atoms with Crippen LogP contribution in [0.3, 0.4) is 0 Å². The zero-order valence-electron chi connectivity index (χ0n) is 18.1. The quantitative estimate of drug-likeness (QED) is 0.281. The lowest BCUT2D eigenvalue weighted by molar-refractivity contribution is -0.113. The van der Waals surface area contributed by atoms with E-state index in [-0.39, 0.29) is 17.6 Å². The molecule has 0 atom stereocenters. The number of aromatic nitrogens is 2. The van der Waals surface area contributed by atoms with Gasteiger partial charge in [0.25, 0.3) is 0 Å². The number of para-hydroxylation sites is 1. The summed E-state index contributed by atoms with van der Waals surface area (Å²) >= 11 is 1.37. The van der Waals surface area contributed by atoms with Crippen LogP contribution < -0.4 is 5.32 Å². The van der Waals surface area contributed by atoms with E-state index < -0.39 is 0 Å². The molecule has 0 bridgehead atoms. The van der Waals surface area contributed by atoms with E-state index in [0.29, 0.717) is 17.9 Å². The van der Waals surface area contributed by atoms with Crippen molar-refractivity contribution >= 4 is 29.3 Å². The van der Waals surface area contributed by atoms with Gasteiger partial charge in [-0.25, -0.2) is 9.78 Å². The predicted octanol–water partition coefficient (Wildman–Crippen LogP) is 5.45. The van der Waals surface area contributed by atoms with E-state index in [1.807, 2.05) is 71.4 Å². The third-order valence-corrected chi connectivity index (χ3v) is 5.74. The van der Waals surface area contributed by atoms with E-state index in [0.717, 1.165) is 22.1 Å². The van der Waals surface area contributed by atoms with Crippen molar-refractivity contribution in [1.82, 2.24) is 9.55 Å². The summed E-state index contributed by atoms with van der Waals surface area (Å²) in [6.45, 7) is 2.08. The van der Waals surface area contributed by atoms with Crippen LogP contribution in [0.25, 0.3) is 16.9 Å². The zero-order valence-corrected chi connectivity index (χ0v) is 18.9. The van der Waals surface area contributed by atoms with Gasteiger partial charge in [-0.3, -0.25) is 9.36 Å². The van der Waals surface area contributed by atoms with E-state index in [9.17, 15) is 9.59 Å². The smallest absolute Gasteiger partial charge is 0.338 e. The number of imidazole rings is 1. The number of benzene rings is 3. The van der Waals surface area contributed by atoms with Crippen LogP contribution >= 0.6 is 11.8 Å². The normalized spacial score (nSPS) is 10.6. The molecule has 1 heterocycles. The maximum atomic E-state index is 12.6. The molecule has 3 aromatic carbocycles. The van der Waals surface area contributed by atoms with Gasteiger partial charge in [0.15, 0.2) is 5.16 Å². The highest BCUT2D eigenvalue weighted by molar-refractivity contribution is 7.99. The molecule has 0 aliphatic rings. The Balaban J connectivity index is 1.46. The Morgan fingerprint density at radius 3 is 2.27 bits per heavy atom. The second-order valence-electron chi connectivity index (χ2n) is 7.11. The van der Waals surface area contributed by atoms with Crippen molar-refractivity contribution in [3.63, 3.8) is 0 Å². The minimum Gasteiger partial charge on any atom is -0.462 e. The van der Waals surface area contributed by atoms with E-state index >= 15 is 0 Å². The average Bonchev–Trinajstić information content (AvgIpc) is 3.29. The van der Waals surface area contributed by atoms with Crippen molar-refractivity contribution in [2.75, 3.05) is 17.7 Å². The van der Waals surface area contributed by atoms with Crippen molar-refractivity contribution in [1.29, 1.82) is 0 Å². The molecule has 0 unspecified atom stereocenters. The number of rotatable bonds is 8. The summed E-state index contributed by atoms with van der Waals surface area (Å²) in [4.78, 5) is 29.1. The highest BCUT2D eigenvalue weighted by Crippen LogP contribution is 2.27. The van der Waals surface area contributed by atoms with Gasteiger partial charge >= 0.3 is 5.97 Å². The van der Waals surface area contributed by atoms with Crippen molar-refractivity contribution in [3.05, 3.63) is 96.7 Å². The van der Waals surface area contributed by atoms with E-state index in [2.05, 4.69) is 5.32 Å². The second kappa shape index (κ2) is 10.7. The van der Waals surface area contributed by atoms with Gasteiger partial charge in [0.2, 0.25) is 5.91 Å². The molecule has 0 spiro atoms. The first-order valence-corrected chi connectivity index (χ1v) is 11.5. The van der Waals surface area contributed by atoms with Crippen molar-refractivity contribution in [2.24, 2.45) is 0 Å². The summed E-state index contributed by atoms with van der Waals surface area (Å²) in [5, 5.41) is 3.59. The Morgan fingerprint density at radius 2 is 1.61 bits per heavy atom. The molecule has 0 saturated carbocycles. The average molecular weight is 458 g/mol. The van der Waals surface area contributed by atoms with Crippen molar-refractivity contribution < 1.29 is 14.3 Å². The fourth-order valence-corrected chi connectivity index (χ4v) is 4.01. The molecular weight excluding hydrogens is 434 g/mol. The number of nitrogens with zero attached hydrogens (tertiary/aromatic N) is 2. The Labute approximate surface area is 196 Å². The predicted molar refractivity (Wildman–Crippen MR) is 131 cm³/mol. The molecule has 0 radical (unpaired) electrons. The number of ether oxygens (including phenoxy) is 1. The summed E-state index contributed by atoms with van der Waals surface area (Å²) in [7, 11) is 0. The molecule has 4 aromatic rings. The minimum atomic E-state index is -0.382. The van der Waals surface area contributed by atoms with Crippen LogP contribution in [0.2, 0.25) is 0 Å². The Kier molecular flexibility index (Phi) is 7.22. The number of anilines is 1. The van der Waals surface area contributed by atoms with Crippen LogP contribution in [0.5, 0.6) is 0 Å². The number of esters is 1. The first-order valence-electron chi connectivity index (χ1n) is 10.5. The SMILES string of the molecule is CCOC(=O)c1ccc(NC(=O)CSc2nc(-c3ccccc3)cn2-c2ccccc2)cc1. The largest absolute Gasteiger partial charge is 0.462 e. The van der Waals surface area contributed by atoms with Crippen LogP contribution in [0.15, 0.2) is 96.3 Å². The third kappa shape index (κ3) is 5.70. The minimum absolute atomic E-state index is 0.159. The van der Waals surface area contributed by atoms with Crippen molar-refractivity contribution in [2.45, 2.75) is 12.1 Å². The molecule has 0 saturated heterocycles. The molecule has 0 aliphatic carbocycles. The topological polar surface area (TPSA) is 73.2 Å². The first-order chi connectivity index (χ1) is 16.1. The maximum Gasteiger partial charge on any atom is 0.338 e. The number of hydrogen-bond acceptors (Lipinski definition) is 5. The number of carbonyl (C=O) groups excluding carboxylic acids is 2. The number of thioether (sulfide) groups is 1. The van der Waals surface area contributed by atoms with Gasteiger partial charge in [-0.15, -0.1) is 0 Å². The number of nitrogens with one attached hydrogen (secondary N) is 1. The summed E-state index contributed by atoms with van der Waals surface area (Å²) in [6, 6.07) is 26.5. The Bertz CT molecular complexity index is 1220. The van der Waals surface area contributed by atoms with Gasteiger partial charge in [0.1, 0.15) is 0 Å². The third-order valence-electron chi connectivity index (χ3n) is 4.79. The van der Waals surface area contributed by atoms with E-state index in [4.69, 9.17) is 9.72 Å². The molecule has 4 rings (SSSR count). The van der Waals surface area contributed by atoms with Gasteiger partial charge in [0, 0.05) is 23.1 Å². The van der Waals surface area contributed by atoms with E-state index in [1.54, 1.807) is 31.2 Å². The highest BCUT2D eigenvalue weighted by Gasteiger charge is 2.14. The molecule has 6 nitrogen and oxygen atoms in total. The lowest BCUT2D eigenvalue weighted by Crippen LogP contribution is -2.14. The molecular formula is C26H23N3O3S. The summed E-state index contributed by atoms with van der Waals surface area (Å²) in [6.07, 6.45) is 1.99. The maximum absolute atomic E-state index is 12.6. The summed E-state index contributed by atoms with van der Waals surface area (Å²) in [5.41, 5.74) is 3.90.